The van der Waals surface area contributed by atoms with Gasteiger partial charge in [0.2, 0.25) is 0 Å². The van der Waals surface area contributed by atoms with E-state index in [9.17, 15) is 8.42 Å². The fourth-order valence-corrected chi connectivity index (χ4v) is 2.89. The molecule has 0 radical (unpaired) electrons. The Bertz CT molecular complexity index is 697. The average Bonchev–Trinajstić information content (AvgIpc) is 2.40. The monoisotopic (exact) mass is 290 g/mol. The minimum absolute atomic E-state index is 0.0355. The molecule has 106 valence electrons. The first-order chi connectivity index (χ1) is 9.39. The minimum Gasteiger partial charge on any atom is -0.396 e. The Hall–Kier alpha value is -2.01. The number of benzene rings is 2. The lowest BCUT2D eigenvalue weighted by Crippen LogP contribution is -2.10. The third-order valence-electron chi connectivity index (χ3n) is 3.14. The third-order valence-corrected chi connectivity index (χ3v) is 4.29. The van der Waals surface area contributed by atoms with Crippen molar-refractivity contribution in [2.75, 3.05) is 17.3 Å². The van der Waals surface area contributed by atoms with Crippen LogP contribution in [0, 0.1) is 0 Å². The van der Waals surface area contributed by atoms with Crippen molar-refractivity contribution < 1.29 is 8.42 Å². The number of nitrogens with two attached hydrogens (primary N) is 1. The van der Waals surface area contributed by atoms with Gasteiger partial charge in [-0.2, -0.15) is 0 Å². The highest BCUT2D eigenvalue weighted by Gasteiger charge is 2.15. The molecule has 0 amide bonds. The lowest BCUT2D eigenvalue weighted by molar-refractivity contribution is 0.602. The molecule has 4 nitrogen and oxygen atoms in total. The van der Waals surface area contributed by atoms with Crippen molar-refractivity contribution in [1.29, 1.82) is 0 Å². The number of hydrogen-bond donors (Lipinski definition) is 2. The van der Waals surface area contributed by atoms with Crippen molar-refractivity contribution in [3.63, 3.8) is 0 Å². The Morgan fingerprint density at radius 1 is 1.05 bits per heavy atom. The molecule has 0 heterocycles. The Kier molecular flexibility index (Phi) is 3.99. The van der Waals surface area contributed by atoms with Crippen LogP contribution in [0.3, 0.4) is 0 Å². The lowest BCUT2D eigenvalue weighted by atomic mass is 10.1. The van der Waals surface area contributed by atoms with E-state index in [1.54, 1.807) is 12.1 Å². The smallest absolute Gasteiger partial charge is 0.177 e. The molecule has 0 aliphatic carbocycles. The molecule has 0 bridgehead atoms. The minimum atomic E-state index is -3.32. The molecule has 0 aliphatic heterocycles. The number of para-hydroxylation sites is 1. The fraction of sp³-hybridized carbons (Fsp3) is 0.200. The second kappa shape index (κ2) is 5.54. The van der Waals surface area contributed by atoms with E-state index in [2.05, 4.69) is 5.32 Å². The van der Waals surface area contributed by atoms with E-state index in [0.717, 1.165) is 11.8 Å². The average molecular weight is 290 g/mol. The van der Waals surface area contributed by atoms with Crippen molar-refractivity contribution in [2.24, 2.45) is 0 Å². The maximum atomic E-state index is 11.7. The van der Waals surface area contributed by atoms with Gasteiger partial charge in [-0.25, -0.2) is 8.42 Å². The molecular weight excluding hydrogens is 272 g/mol. The van der Waals surface area contributed by atoms with Crippen LogP contribution in [-0.2, 0) is 9.84 Å². The molecule has 2 aromatic rings. The van der Waals surface area contributed by atoms with Crippen LogP contribution >= 0.6 is 0 Å². The molecule has 3 N–H and O–H groups in total. The molecule has 5 heteroatoms. The summed E-state index contributed by atoms with van der Waals surface area (Å²) < 4.78 is 23.3. The molecule has 20 heavy (non-hydrogen) atoms. The van der Waals surface area contributed by atoms with Gasteiger partial charge in [0, 0.05) is 12.3 Å². The van der Waals surface area contributed by atoms with Gasteiger partial charge in [0.25, 0.3) is 0 Å². The van der Waals surface area contributed by atoms with E-state index < -0.39 is 9.84 Å². The summed E-state index contributed by atoms with van der Waals surface area (Å²) in [6, 6.07) is 14.9. The molecule has 0 saturated carbocycles. The van der Waals surface area contributed by atoms with Crippen LogP contribution < -0.4 is 11.1 Å². The van der Waals surface area contributed by atoms with E-state index in [-0.39, 0.29) is 16.6 Å². The second-order valence-electron chi connectivity index (χ2n) is 4.77. The molecule has 2 rings (SSSR count). The SMILES string of the molecule is CC(Nc1cccc(S(C)(=O)=O)c1N)c1ccccc1. The first kappa shape index (κ1) is 14.4. The topological polar surface area (TPSA) is 72.2 Å². The highest BCUT2D eigenvalue weighted by atomic mass is 32.2. The van der Waals surface area contributed by atoms with Crippen LogP contribution in [0.4, 0.5) is 11.4 Å². The largest absolute Gasteiger partial charge is 0.396 e. The molecule has 0 aromatic heterocycles. The summed E-state index contributed by atoms with van der Waals surface area (Å²) >= 11 is 0. The lowest BCUT2D eigenvalue weighted by Gasteiger charge is -2.18. The van der Waals surface area contributed by atoms with Crippen molar-refractivity contribution in [3.05, 3.63) is 54.1 Å². The van der Waals surface area contributed by atoms with Gasteiger partial charge in [-0.15, -0.1) is 0 Å². The zero-order valence-electron chi connectivity index (χ0n) is 11.5. The number of hydrogen-bond acceptors (Lipinski definition) is 4. The number of sulfone groups is 1. The van der Waals surface area contributed by atoms with Crippen LogP contribution in [0.2, 0.25) is 0 Å². The molecule has 1 atom stereocenters. The van der Waals surface area contributed by atoms with Gasteiger partial charge >= 0.3 is 0 Å². The number of nitrogens with one attached hydrogen (secondary N) is 1. The Labute approximate surface area is 119 Å². The molecule has 1 unspecified atom stereocenters. The maximum absolute atomic E-state index is 11.7. The zero-order chi connectivity index (χ0) is 14.8. The zero-order valence-corrected chi connectivity index (χ0v) is 12.3. The molecule has 0 saturated heterocycles. The summed E-state index contributed by atoms with van der Waals surface area (Å²) in [7, 11) is -3.32. The highest BCUT2D eigenvalue weighted by molar-refractivity contribution is 7.90. The summed E-state index contributed by atoms with van der Waals surface area (Å²) in [6.07, 6.45) is 1.16. The van der Waals surface area contributed by atoms with Crippen molar-refractivity contribution in [2.45, 2.75) is 17.9 Å². The van der Waals surface area contributed by atoms with Crippen LogP contribution in [0.25, 0.3) is 0 Å². The number of nitrogen functional groups attached to an aromatic ring is 1. The predicted octanol–water partition coefficient (Wildman–Crippen LogP) is 2.85. The van der Waals surface area contributed by atoms with Crippen LogP contribution in [0.1, 0.15) is 18.5 Å². The Morgan fingerprint density at radius 3 is 2.30 bits per heavy atom. The normalized spacial score (nSPS) is 12.9. The fourth-order valence-electron chi connectivity index (χ4n) is 2.05. The first-order valence-corrected chi connectivity index (χ1v) is 8.19. The standard InChI is InChI=1S/C15H18N2O2S/c1-11(12-7-4-3-5-8-12)17-13-9-6-10-14(15(13)16)20(2,18)19/h3-11,17H,16H2,1-2H3. The van der Waals surface area contributed by atoms with Crippen molar-refractivity contribution >= 4 is 21.2 Å². The van der Waals surface area contributed by atoms with E-state index >= 15 is 0 Å². The van der Waals surface area contributed by atoms with Gasteiger partial charge in [0.05, 0.1) is 16.3 Å². The number of rotatable bonds is 4. The van der Waals surface area contributed by atoms with Crippen molar-refractivity contribution in [1.82, 2.24) is 0 Å². The molecular formula is C15H18N2O2S. The Morgan fingerprint density at radius 2 is 1.70 bits per heavy atom. The quantitative estimate of drug-likeness (QED) is 0.849. The van der Waals surface area contributed by atoms with Crippen LogP contribution in [0.5, 0.6) is 0 Å². The first-order valence-electron chi connectivity index (χ1n) is 6.29. The van der Waals surface area contributed by atoms with Gasteiger partial charge in [-0.3, -0.25) is 0 Å². The van der Waals surface area contributed by atoms with E-state index in [1.165, 1.54) is 6.07 Å². The predicted molar refractivity (Wildman–Crippen MR) is 82.4 cm³/mol. The highest BCUT2D eigenvalue weighted by Crippen LogP contribution is 2.29. The molecule has 0 aliphatic rings. The number of anilines is 2. The van der Waals surface area contributed by atoms with Crippen LogP contribution in [0.15, 0.2) is 53.4 Å². The summed E-state index contributed by atoms with van der Waals surface area (Å²) in [4.78, 5) is 0.155. The Balaban J connectivity index is 2.31. The van der Waals surface area contributed by atoms with Gasteiger partial charge in [-0.1, -0.05) is 36.4 Å². The molecule has 0 fully saturated rings. The van der Waals surface area contributed by atoms with Crippen LogP contribution in [-0.4, -0.2) is 14.7 Å². The maximum Gasteiger partial charge on any atom is 0.177 e. The van der Waals surface area contributed by atoms with Crippen molar-refractivity contribution in [3.8, 4) is 0 Å². The summed E-state index contributed by atoms with van der Waals surface area (Å²) in [6.45, 7) is 2.00. The summed E-state index contributed by atoms with van der Waals surface area (Å²) in [5.74, 6) is 0. The van der Waals surface area contributed by atoms with Gasteiger partial charge in [0.1, 0.15) is 0 Å². The van der Waals surface area contributed by atoms with E-state index in [1.807, 2.05) is 37.3 Å². The summed E-state index contributed by atoms with van der Waals surface area (Å²) in [5, 5.41) is 3.25. The second-order valence-corrected chi connectivity index (χ2v) is 6.75. The van der Waals surface area contributed by atoms with E-state index in [4.69, 9.17) is 5.73 Å². The van der Waals surface area contributed by atoms with E-state index in [0.29, 0.717) is 5.69 Å². The molecule has 0 spiro atoms. The third kappa shape index (κ3) is 3.11. The van der Waals surface area contributed by atoms with Gasteiger partial charge in [-0.05, 0) is 24.6 Å². The van der Waals surface area contributed by atoms with Gasteiger partial charge < -0.3 is 11.1 Å². The van der Waals surface area contributed by atoms with Gasteiger partial charge in [0.15, 0.2) is 9.84 Å². The molecule has 2 aromatic carbocycles. The summed E-state index contributed by atoms with van der Waals surface area (Å²) in [5.41, 5.74) is 7.95.